The van der Waals surface area contributed by atoms with Crippen molar-refractivity contribution in [2.24, 2.45) is 11.7 Å². The van der Waals surface area contributed by atoms with Gasteiger partial charge in [-0.05, 0) is 57.3 Å². The number of piperidine rings is 1. The molecule has 1 aliphatic heterocycles. The summed E-state index contributed by atoms with van der Waals surface area (Å²) in [7, 11) is 1.98. The van der Waals surface area contributed by atoms with E-state index in [4.69, 9.17) is 10.8 Å². The van der Waals surface area contributed by atoms with Crippen molar-refractivity contribution in [3.63, 3.8) is 0 Å². The average Bonchev–Trinajstić information content (AvgIpc) is 2.70. The number of aromatic hydroxyl groups is 1. The third kappa shape index (κ3) is 3.26. The van der Waals surface area contributed by atoms with E-state index in [1.54, 1.807) is 13.0 Å². The van der Waals surface area contributed by atoms with E-state index < -0.39 is 28.8 Å². The number of primary amides is 1. The molecular formula is C23H31N3O6. The molecule has 9 nitrogen and oxygen atoms in total. The summed E-state index contributed by atoms with van der Waals surface area (Å²) in [5.74, 6) is -2.96. The number of aliphatic hydroxyl groups is 1. The number of hydrogen-bond acceptors (Lipinski definition) is 6. The van der Waals surface area contributed by atoms with Gasteiger partial charge in [-0.25, -0.2) is 0 Å². The first-order chi connectivity index (χ1) is 15.0. The number of phenols is 1. The number of carboxylic acid groups (broad SMARTS) is 1. The highest BCUT2D eigenvalue weighted by Crippen LogP contribution is 2.60. The maximum atomic E-state index is 12.6. The number of nitrogens with two attached hydrogens (primary N) is 1. The number of carbonyl (C=O) groups excluding carboxylic acids is 2. The number of likely N-dealkylation sites (N-methyl/N-ethyl adjacent to an activating group) is 1. The Balaban J connectivity index is 1.75. The van der Waals surface area contributed by atoms with Gasteiger partial charge < -0.3 is 31.3 Å². The van der Waals surface area contributed by atoms with Crippen molar-refractivity contribution in [1.82, 2.24) is 10.2 Å². The number of likely N-dealkylation sites (tertiary alicyclic amines) is 1. The van der Waals surface area contributed by atoms with Gasteiger partial charge in [-0.1, -0.05) is 13.0 Å². The van der Waals surface area contributed by atoms with Crippen molar-refractivity contribution in [3.05, 3.63) is 28.8 Å². The van der Waals surface area contributed by atoms with E-state index in [0.29, 0.717) is 44.2 Å². The number of fused-ring (bicyclic) bond motifs is 1. The maximum Gasteiger partial charge on any atom is 0.304 e. The third-order valence-corrected chi connectivity index (χ3v) is 7.97. The molecule has 9 heteroatoms. The lowest BCUT2D eigenvalue weighted by atomic mass is 9.48. The summed E-state index contributed by atoms with van der Waals surface area (Å²) in [6, 6.07) is 2.90. The molecule has 1 saturated carbocycles. The van der Waals surface area contributed by atoms with Gasteiger partial charge in [-0.3, -0.25) is 14.4 Å². The molecule has 0 unspecified atom stereocenters. The number of carboxylic acids is 1. The molecule has 32 heavy (non-hydrogen) atoms. The number of nitrogens with zero attached hydrogens (tertiary/aromatic N) is 1. The molecule has 2 amide bonds. The predicted molar refractivity (Wildman–Crippen MR) is 115 cm³/mol. The van der Waals surface area contributed by atoms with Crippen LogP contribution in [0.4, 0.5) is 0 Å². The summed E-state index contributed by atoms with van der Waals surface area (Å²) < 4.78 is 0. The molecule has 1 aromatic rings. The minimum absolute atomic E-state index is 0.0269. The van der Waals surface area contributed by atoms with Crippen LogP contribution < -0.4 is 11.1 Å². The highest BCUT2D eigenvalue weighted by atomic mass is 16.4. The van der Waals surface area contributed by atoms with Crippen molar-refractivity contribution in [1.29, 1.82) is 0 Å². The van der Waals surface area contributed by atoms with Crippen molar-refractivity contribution in [3.8, 4) is 5.75 Å². The Labute approximate surface area is 186 Å². The van der Waals surface area contributed by atoms with E-state index in [0.717, 1.165) is 5.56 Å². The molecular weight excluding hydrogens is 414 g/mol. The molecule has 2 bridgehead atoms. The van der Waals surface area contributed by atoms with Crippen LogP contribution in [0, 0.1) is 5.92 Å². The van der Waals surface area contributed by atoms with Crippen LogP contribution in [0.3, 0.4) is 0 Å². The molecule has 0 radical (unpaired) electrons. The van der Waals surface area contributed by atoms with Gasteiger partial charge in [0.05, 0.1) is 17.6 Å². The zero-order valence-corrected chi connectivity index (χ0v) is 18.4. The minimum Gasteiger partial charge on any atom is -0.507 e. The zero-order valence-electron chi connectivity index (χ0n) is 18.4. The molecule has 0 spiro atoms. The summed E-state index contributed by atoms with van der Waals surface area (Å²) >= 11 is 0. The number of nitrogens with one attached hydrogen (secondary N) is 1. The van der Waals surface area contributed by atoms with E-state index in [9.17, 15) is 24.6 Å². The van der Waals surface area contributed by atoms with E-state index in [1.165, 1.54) is 6.07 Å². The van der Waals surface area contributed by atoms with Gasteiger partial charge in [0.1, 0.15) is 5.75 Å². The number of benzene rings is 1. The zero-order chi connectivity index (χ0) is 23.4. The maximum absolute atomic E-state index is 12.6. The van der Waals surface area contributed by atoms with E-state index in [-0.39, 0.29) is 35.7 Å². The molecule has 2 aliphatic carbocycles. The van der Waals surface area contributed by atoms with Crippen LogP contribution in [0.2, 0.25) is 0 Å². The fourth-order valence-corrected chi connectivity index (χ4v) is 6.36. The summed E-state index contributed by atoms with van der Waals surface area (Å²) in [6.45, 7) is 2.27. The largest absolute Gasteiger partial charge is 0.507 e. The molecule has 1 saturated heterocycles. The first-order valence-electron chi connectivity index (χ1n) is 11.1. The molecule has 174 valence electrons. The highest BCUT2D eigenvalue weighted by molar-refractivity contribution is 5.96. The van der Waals surface area contributed by atoms with Crippen LogP contribution in [0.25, 0.3) is 0 Å². The number of rotatable bonds is 5. The van der Waals surface area contributed by atoms with Gasteiger partial charge in [0.25, 0.3) is 5.91 Å². The van der Waals surface area contributed by atoms with E-state index >= 15 is 0 Å². The van der Waals surface area contributed by atoms with Crippen LogP contribution >= 0.6 is 0 Å². The van der Waals surface area contributed by atoms with Crippen molar-refractivity contribution in [2.75, 3.05) is 13.6 Å². The first-order valence-corrected chi connectivity index (χ1v) is 11.1. The van der Waals surface area contributed by atoms with E-state index in [1.807, 2.05) is 7.05 Å². The van der Waals surface area contributed by atoms with Crippen molar-refractivity contribution in [2.45, 2.75) is 68.5 Å². The predicted octanol–water partition coefficient (Wildman–Crippen LogP) is 0.500. The number of amides is 2. The Bertz CT molecular complexity index is 981. The first kappa shape index (κ1) is 22.5. The van der Waals surface area contributed by atoms with Crippen LogP contribution in [-0.4, -0.2) is 69.3 Å². The monoisotopic (exact) mass is 445 g/mol. The normalized spacial score (nSPS) is 32.3. The summed E-state index contributed by atoms with van der Waals surface area (Å²) in [4.78, 5) is 37.7. The second-order valence-corrected chi connectivity index (χ2v) is 9.76. The van der Waals surface area contributed by atoms with E-state index in [2.05, 4.69) is 10.2 Å². The van der Waals surface area contributed by atoms with Crippen LogP contribution in [0.5, 0.6) is 5.75 Å². The Morgan fingerprint density at radius 3 is 2.69 bits per heavy atom. The van der Waals surface area contributed by atoms with Gasteiger partial charge in [0, 0.05) is 29.0 Å². The molecule has 1 heterocycles. The topological polar surface area (TPSA) is 153 Å². The Morgan fingerprint density at radius 2 is 2.03 bits per heavy atom. The average molecular weight is 446 g/mol. The Morgan fingerprint density at radius 1 is 1.31 bits per heavy atom. The van der Waals surface area contributed by atoms with Crippen molar-refractivity contribution >= 4 is 17.8 Å². The molecule has 6 N–H and O–H groups in total. The number of aliphatic carboxylic acids is 1. The summed E-state index contributed by atoms with van der Waals surface area (Å²) in [6.07, 6.45) is 2.19. The lowest BCUT2D eigenvalue weighted by Crippen LogP contribution is -2.73. The van der Waals surface area contributed by atoms with Gasteiger partial charge in [0.15, 0.2) is 0 Å². The fraction of sp³-hybridized carbons (Fsp3) is 0.609. The Kier molecular flexibility index (Phi) is 5.45. The molecule has 1 aromatic carbocycles. The second-order valence-electron chi connectivity index (χ2n) is 9.76. The van der Waals surface area contributed by atoms with Crippen LogP contribution in [0.15, 0.2) is 12.1 Å². The number of carbonyl (C=O) groups is 3. The van der Waals surface area contributed by atoms with Gasteiger partial charge >= 0.3 is 5.97 Å². The fourth-order valence-electron chi connectivity index (χ4n) is 6.36. The summed E-state index contributed by atoms with van der Waals surface area (Å²) in [5.41, 5.74) is 4.98. The number of hydrogen-bond donors (Lipinski definition) is 5. The molecule has 2 fully saturated rings. The van der Waals surface area contributed by atoms with Gasteiger partial charge in [0.2, 0.25) is 5.91 Å². The quantitative estimate of drug-likeness (QED) is 0.442. The highest BCUT2D eigenvalue weighted by Gasteiger charge is 2.65. The smallest absolute Gasteiger partial charge is 0.304 e. The van der Waals surface area contributed by atoms with Gasteiger partial charge in [-0.2, -0.15) is 0 Å². The van der Waals surface area contributed by atoms with Crippen LogP contribution in [0.1, 0.15) is 60.5 Å². The summed E-state index contributed by atoms with van der Waals surface area (Å²) in [5, 5.41) is 35.1. The lowest BCUT2D eigenvalue weighted by Gasteiger charge is -2.64. The lowest BCUT2D eigenvalue weighted by molar-refractivity contribution is -0.166. The molecule has 5 atom stereocenters. The standard InChI is InChI=1S/C23H31N3O6/c1-12(9-17(27)28)21(31)25-14-5-6-23(32)16-10-13-3-4-15(20(24)30)19(29)18(13)22(23,11-14)7-8-26(16)2/h3-4,12,14,16,29,32H,5-11H2,1-2H3,(H2,24,30)(H,25,31)(H,27,28)/t12-,14+,16+,22+,23+/m0/s1. The van der Waals surface area contributed by atoms with Gasteiger partial charge in [-0.15, -0.1) is 0 Å². The molecule has 4 rings (SSSR count). The van der Waals surface area contributed by atoms with Crippen LogP contribution in [-0.2, 0) is 21.4 Å². The molecule has 0 aromatic heterocycles. The Hall–Kier alpha value is -2.65. The SMILES string of the molecule is C[C@@H](CC(=O)O)C(=O)N[C@@H]1CC[C@@]2(O)[C@H]3Cc4ccc(C(N)=O)c(O)c4[C@@]2(CCN3C)C1. The third-order valence-electron chi connectivity index (χ3n) is 7.97. The second kappa shape index (κ2) is 7.74. The van der Waals surface area contributed by atoms with Crippen molar-refractivity contribution < 1.29 is 29.7 Å². The molecule has 3 aliphatic rings. The minimum atomic E-state index is -1.13.